The summed E-state index contributed by atoms with van der Waals surface area (Å²) in [5, 5.41) is 3.37. The molecule has 1 N–H and O–H groups in total. The molecule has 2 aromatic rings. The summed E-state index contributed by atoms with van der Waals surface area (Å²) in [6.45, 7) is 1.48. The molecule has 6 nitrogen and oxygen atoms in total. The lowest BCUT2D eigenvalue weighted by Crippen LogP contribution is -2.40. The van der Waals surface area contributed by atoms with E-state index in [1.807, 2.05) is 4.90 Å². The number of piperidine rings is 1. The van der Waals surface area contributed by atoms with Crippen molar-refractivity contribution in [3.05, 3.63) is 34.9 Å². The number of nitrogens with zero attached hydrogens (tertiary/aromatic N) is 4. The Hall–Kier alpha value is -1.96. The van der Waals surface area contributed by atoms with Gasteiger partial charge < -0.3 is 15.0 Å². The Labute approximate surface area is 142 Å². The van der Waals surface area contributed by atoms with Gasteiger partial charge in [0, 0.05) is 35.9 Å². The van der Waals surface area contributed by atoms with Crippen molar-refractivity contribution in [1.29, 1.82) is 0 Å². The van der Waals surface area contributed by atoms with Gasteiger partial charge in [-0.25, -0.2) is 19.3 Å². The number of methoxy groups -OCH3 is 1. The minimum absolute atomic E-state index is 0.282. The average molecular weight is 382 g/mol. The van der Waals surface area contributed by atoms with Gasteiger partial charge in [0.05, 0.1) is 7.11 Å². The summed E-state index contributed by atoms with van der Waals surface area (Å²) in [7, 11) is 1.57. The van der Waals surface area contributed by atoms with Gasteiger partial charge in [0.25, 0.3) is 0 Å². The summed E-state index contributed by atoms with van der Waals surface area (Å²) >= 11 is 3.23. The molecule has 0 unspecified atom stereocenters. The van der Waals surface area contributed by atoms with Crippen LogP contribution in [0, 0.1) is 5.82 Å². The lowest BCUT2D eigenvalue weighted by Gasteiger charge is -2.33. The van der Waals surface area contributed by atoms with Gasteiger partial charge in [-0.2, -0.15) is 0 Å². The standard InChI is InChI=1S/C15H17BrFN5O/c1-23-14-7-13(19-9-20-14)21-11-2-4-22(5-3-11)15-12(17)6-10(16)8-18-15/h6-9,11H,2-5H2,1H3,(H,19,20,21). The second-order valence-corrected chi connectivity index (χ2v) is 6.23. The van der Waals surface area contributed by atoms with Gasteiger partial charge in [0.15, 0.2) is 11.6 Å². The van der Waals surface area contributed by atoms with E-state index in [0.717, 1.165) is 31.7 Å². The fourth-order valence-electron chi connectivity index (χ4n) is 2.61. The summed E-state index contributed by atoms with van der Waals surface area (Å²) in [4.78, 5) is 14.3. The molecule has 2 aromatic heterocycles. The predicted octanol–water partition coefficient (Wildman–Crippen LogP) is 2.86. The molecule has 23 heavy (non-hydrogen) atoms. The summed E-state index contributed by atoms with van der Waals surface area (Å²) in [5.41, 5.74) is 0. The molecule has 0 amide bonds. The van der Waals surface area contributed by atoms with Crippen molar-refractivity contribution in [3.8, 4) is 5.88 Å². The lowest BCUT2D eigenvalue weighted by molar-refractivity contribution is 0.397. The zero-order chi connectivity index (χ0) is 16.2. The maximum absolute atomic E-state index is 14.0. The van der Waals surface area contributed by atoms with Gasteiger partial charge in [0.2, 0.25) is 5.88 Å². The quantitative estimate of drug-likeness (QED) is 0.878. The van der Waals surface area contributed by atoms with Crippen LogP contribution in [0.4, 0.5) is 16.0 Å². The van der Waals surface area contributed by atoms with Crippen molar-refractivity contribution in [1.82, 2.24) is 15.0 Å². The number of anilines is 2. The highest BCUT2D eigenvalue weighted by Gasteiger charge is 2.22. The zero-order valence-corrected chi connectivity index (χ0v) is 14.3. The zero-order valence-electron chi connectivity index (χ0n) is 12.7. The molecule has 122 valence electrons. The summed E-state index contributed by atoms with van der Waals surface area (Å²) in [5.74, 6) is 1.38. The smallest absolute Gasteiger partial charge is 0.218 e. The van der Waals surface area contributed by atoms with Gasteiger partial charge in [-0.3, -0.25) is 0 Å². The molecule has 0 saturated carbocycles. The third-order valence-electron chi connectivity index (χ3n) is 3.79. The highest BCUT2D eigenvalue weighted by Crippen LogP contribution is 2.24. The number of pyridine rings is 1. The SMILES string of the molecule is COc1cc(NC2CCN(c3ncc(Br)cc3F)CC2)ncn1. The molecule has 0 atom stereocenters. The van der Waals surface area contributed by atoms with Crippen LogP contribution in [0.25, 0.3) is 0 Å². The molecule has 3 rings (SSSR count). The van der Waals surface area contributed by atoms with E-state index >= 15 is 0 Å². The maximum Gasteiger partial charge on any atom is 0.218 e. The molecular weight excluding hydrogens is 365 g/mol. The maximum atomic E-state index is 14.0. The highest BCUT2D eigenvalue weighted by molar-refractivity contribution is 9.10. The van der Waals surface area contributed by atoms with Crippen molar-refractivity contribution < 1.29 is 9.13 Å². The van der Waals surface area contributed by atoms with Crippen LogP contribution in [0.1, 0.15) is 12.8 Å². The number of halogens is 2. The van der Waals surface area contributed by atoms with Crippen LogP contribution in [0.15, 0.2) is 29.1 Å². The van der Waals surface area contributed by atoms with E-state index in [9.17, 15) is 4.39 Å². The molecule has 0 radical (unpaired) electrons. The molecule has 0 aliphatic carbocycles. The number of hydrogen-bond donors (Lipinski definition) is 1. The van der Waals surface area contributed by atoms with Crippen molar-refractivity contribution in [2.24, 2.45) is 0 Å². The van der Waals surface area contributed by atoms with Gasteiger partial charge in [-0.05, 0) is 34.8 Å². The summed E-state index contributed by atoms with van der Waals surface area (Å²) < 4.78 is 19.7. The second-order valence-electron chi connectivity index (χ2n) is 5.31. The van der Waals surface area contributed by atoms with Crippen molar-refractivity contribution in [3.63, 3.8) is 0 Å². The van der Waals surface area contributed by atoms with Crippen LogP contribution in [0.2, 0.25) is 0 Å². The number of nitrogens with one attached hydrogen (secondary N) is 1. The summed E-state index contributed by atoms with van der Waals surface area (Å²) in [6, 6.07) is 3.49. The molecule has 0 aromatic carbocycles. The van der Waals surface area contributed by atoms with Gasteiger partial charge in [-0.15, -0.1) is 0 Å². The third-order valence-corrected chi connectivity index (χ3v) is 4.22. The molecule has 0 bridgehead atoms. The second kappa shape index (κ2) is 7.08. The molecule has 1 fully saturated rings. The van der Waals surface area contributed by atoms with Gasteiger partial charge in [-0.1, -0.05) is 0 Å². The van der Waals surface area contributed by atoms with Crippen molar-refractivity contribution >= 4 is 27.6 Å². The first-order valence-corrected chi connectivity index (χ1v) is 8.13. The Bertz CT molecular complexity index is 679. The average Bonchev–Trinajstić information content (AvgIpc) is 2.56. The van der Waals surface area contributed by atoms with E-state index in [2.05, 4.69) is 36.2 Å². The van der Waals surface area contributed by atoms with Crippen LogP contribution in [0.5, 0.6) is 5.88 Å². The Balaban J connectivity index is 1.59. The minimum Gasteiger partial charge on any atom is -0.481 e. The van der Waals surface area contributed by atoms with Crippen LogP contribution >= 0.6 is 15.9 Å². The Kier molecular flexibility index (Phi) is 4.90. The molecule has 3 heterocycles. The van der Waals surface area contributed by atoms with E-state index in [1.165, 1.54) is 12.4 Å². The van der Waals surface area contributed by atoms with Crippen LogP contribution in [-0.2, 0) is 0 Å². The van der Waals surface area contributed by atoms with E-state index in [4.69, 9.17) is 4.74 Å². The van der Waals surface area contributed by atoms with Crippen molar-refractivity contribution in [2.45, 2.75) is 18.9 Å². The first-order valence-electron chi connectivity index (χ1n) is 7.34. The first-order chi connectivity index (χ1) is 11.2. The number of aromatic nitrogens is 3. The van der Waals surface area contributed by atoms with E-state index in [0.29, 0.717) is 16.2 Å². The minimum atomic E-state index is -0.300. The topological polar surface area (TPSA) is 63.2 Å². The number of hydrogen-bond acceptors (Lipinski definition) is 6. The molecule has 0 spiro atoms. The molecule has 8 heteroatoms. The molecule has 1 aliphatic heterocycles. The fourth-order valence-corrected chi connectivity index (χ4v) is 2.92. The van der Waals surface area contributed by atoms with Crippen LogP contribution in [0.3, 0.4) is 0 Å². The van der Waals surface area contributed by atoms with Crippen LogP contribution in [-0.4, -0.2) is 41.2 Å². The van der Waals surface area contributed by atoms with Gasteiger partial charge >= 0.3 is 0 Å². The number of rotatable bonds is 4. The Morgan fingerprint density at radius 2 is 2.04 bits per heavy atom. The predicted molar refractivity (Wildman–Crippen MR) is 89.3 cm³/mol. The van der Waals surface area contributed by atoms with Crippen molar-refractivity contribution in [2.75, 3.05) is 30.4 Å². The Morgan fingerprint density at radius 1 is 1.26 bits per heavy atom. The third kappa shape index (κ3) is 3.87. The molecular formula is C15H17BrFN5O. The normalized spacial score (nSPS) is 15.5. The number of ether oxygens (including phenoxy) is 1. The first kappa shape index (κ1) is 15.9. The fraction of sp³-hybridized carbons (Fsp3) is 0.400. The Morgan fingerprint density at radius 3 is 2.74 bits per heavy atom. The molecule has 1 aliphatic rings. The highest BCUT2D eigenvalue weighted by atomic mass is 79.9. The lowest BCUT2D eigenvalue weighted by atomic mass is 10.0. The van der Waals surface area contributed by atoms with Gasteiger partial charge in [0.1, 0.15) is 12.1 Å². The van der Waals surface area contributed by atoms with Crippen LogP contribution < -0.4 is 15.0 Å². The monoisotopic (exact) mass is 381 g/mol. The van der Waals surface area contributed by atoms with E-state index in [1.54, 1.807) is 19.4 Å². The summed E-state index contributed by atoms with van der Waals surface area (Å²) in [6.07, 6.45) is 4.85. The van der Waals surface area contributed by atoms with E-state index in [-0.39, 0.29) is 11.9 Å². The van der Waals surface area contributed by atoms with E-state index < -0.39 is 0 Å². The largest absolute Gasteiger partial charge is 0.481 e. The molecule has 1 saturated heterocycles.